The van der Waals surface area contributed by atoms with Crippen molar-refractivity contribution in [2.45, 2.75) is 0 Å². The quantitative estimate of drug-likeness (QED) is 0.694. The SMILES string of the molecule is Nc1cccc(/C=C/c2ccnc3ccccc23)c1. The smallest absolute Gasteiger partial charge is 0.0707 e. The zero-order chi connectivity index (χ0) is 13.1. The van der Waals surface area contributed by atoms with Crippen LogP contribution < -0.4 is 5.73 Å². The Morgan fingerprint density at radius 2 is 1.79 bits per heavy atom. The molecule has 0 saturated carbocycles. The topological polar surface area (TPSA) is 38.9 Å². The molecule has 0 saturated heterocycles. The molecule has 0 radical (unpaired) electrons. The van der Waals surface area contributed by atoms with Gasteiger partial charge in [0.1, 0.15) is 0 Å². The number of fused-ring (bicyclic) bond motifs is 1. The first-order valence-corrected chi connectivity index (χ1v) is 6.20. The van der Waals surface area contributed by atoms with E-state index in [0.717, 1.165) is 27.7 Å². The predicted molar refractivity (Wildman–Crippen MR) is 81.5 cm³/mol. The molecule has 0 unspecified atom stereocenters. The number of aromatic nitrogens is 1. The molecule has 1 aromatic heterocycles. The minimum Gasteiger partial charge on any atom is -0.399 e. The molecule has 0 atom stereocenters. The Morgan fingerprint density at radius 3 is 2.68 bits per heavy atom. The van der Waals surface area contributed by atoms with Crippen LogP contribution in [0.1, 0.15) is 11.1 Å². The van der Waals surface area contributed by atoms with Crippen LogP contribution in [-0.2, 0) is 0 Å². The van der Waals surface area contributed by atoms with E-state index < -0.39 is 0 Å². The summed E-state index contributed by atoms with van der Waals surface area (Å²) in [6, 6.07) is 18.0. The van der Waals surface area contributed by atoms with E-state index >= 15 is 0 Å². The molecule has 19 heavy (non-hydrogen) atoms. The number of hydrogen-bond acceptors (Lipinski definition) is 2. The zero-order valence-corrected chi connectivity index (χ0v) is 10.5. The maximum absolute atomic E-state index is 5.77. The third-order valence-corrected chi connectivity index (χ3v) is 3.05. The molecule has 0 amide bonds. The number of rotatable bonds is 2. The summed E-state index contributed by atoms with van der Waals surface area (Å²) in [7, 11) is 0. The molecule has 92 valence electrons. The first-order chi connectivity index (χ1) is 9.33. The van der Waals surface area contributed by atoms with Crippen LogP contribution in [0.5, 0.6) is 0 Å². The average Bonchev–Trinajstić information content (AvgIpc) is 2.45. The second-order valence-corrected chi connectivity index (χ2v) is 4.42. The van der Waals surface area contributed by atoms with E-state index in [-0.39, 0.29) is 0 Å². The molecule has 2 nitrogen and oxygen atoms in total. The number of nitrogen functional groups attached to an aromatic ring is 1. The fourth-order valence-electron chi connectivity index (χ4n) is 2.11. The summed E-state index contributed by atoms with van der Waals surface area (Å²) >= 11 is 0. The number of anilines is 1. The van der Waals surface area contributed by atoms with E-state index in [1.807, 2.05) is 54.7 Å². The van der Waals surface area contributed by atoms with Crippen LogP contribution in [0.4, 0.5) is 5.69 Å². The number of para-hydroxylation sites is 1. The molecule has 2 aromatic carbocycles. The van der Waals surface area contributed by atoms with Gasteiger partial charge in [-0.3, -0.25) is 4.98 Å². The monoisotopic (exact) mass is 246 g/mol. The van der Waals surface area contributed by atoms with E-state index in [1.165, 1.54) is 0 Å². The van der Waals surface area contributed by atoms with Crippen molar-refractivity contribution in [1.29, 1.82) is 0 Å². The van der Waals surface area contributed by atoms with E-state index in [9.17, 15) is 0 Å². The fraction of sp³-hybridized carbons (Fsp3) is 0. The van der Waals surface area contributed by atoms with Crippen molar-refractivity contribution in [2.75, 3.05) is 5.73 Å². The molecule has 3 aromatic rings. The van der Waals surface area contributed by atoms with Gasteiger partial charge < -0.3 is 5.73 Å². The summed E-state index contributed by atoms with van der Waals surface area (Å²) in [5, 5.41) is 1.16. The largest absolute Gasteiger partial charge is 0.399 e. The van der Waals surface area contributed by atoms with Crippen molar-refractivity contribution in [3.05, 3.63) is 71.9 Å². The van der Waals surface area contributed by atoms with Crippen molar-refractivity contribution in [2.24, 2.45) is 0 Å². The Balaban J connectivity index is 2.02. The van der Waals surface area contributed by atoms with Crippen molar-refractivity contribution in [3.8, 4) is 0 Å². The standard InChI is InChI=1S/C17H14N2/c18-15-5-3-4-13(12-15)8-9-14-10-11-19-17-7-2-1-6-16(14)17/h1-12H,18H2/b9-8+. The molecule has 0 aliphatic rings. The van der Waals surface area contributed by atoms with Crippen LogP contribution in [-0.4, -0.2) is 4.98 Å². The lowest BCUT2D eigenvalue weighted by Crippen LogP contribution is -1.84. The molecule has 2 heteroatoms. The lowest BCUT2D eigenvalue weighted by Gasteiger charge is -2.01. The van der Waals surface area contributed by atoms with E-state index in [2.05, 4.69) is 23.2 Å². The average molecular weight is 246 g/mol. The van der Waals surface area contributed by atoms with E-state index in [0.29, 0.717) is 0 Å². The van der Waals surface area contributed by atoms with Crippen LogP contribution in [0.2, 0.25) is 0 Å². The van der Waals surface area contributed by atoms with Crippen molar-refractivity contribution in [3.63, 3.8) is 0 Å². The number of pyridine rings is 1. The first-order valence-electron chi connectivity index (χ1n) is 6.20. The van der Waals surface area contributed by atoms with Gasteiger partial charge in [0.2, 0.25) is 0 Å². The number of nitrogens with zero attached hydrogens (tertiary/aromatic N) is 1. The Morgan fingerprint density at radius 1 is 0.895 bits per heavy atom. The Bertz CT molecular complexity index is 740. The summed E-state index contributed by atoms with van der Waals surface area (Å²) in [6.07, 6.45) is 6.00. The third kappa shape index (κ3) is 2.47. The maximum atomic E-state index is 5.77. The molecule has 0 aliphatic heterocycles. The van der Waals surface area contributed by atoms with Crippen molar-refractivity contribution < 1.29 is 0 Å². The number of hydrogen-bond donors (Lipinski definition) is 1. The molecule has 0 bridgehead atoms. The van der Waals surface area contributed by atoms with Gasteiger partial charge in [-0.1, -0.05) is 42.5 Å². The molecule has 1 heterocycles. The summed E-state index contributed by atoms with van der Waals surface area (Å²) in [5.41, 5.74) is 9.82. The van der Waals surface area contributed by atoms with E-state index in [1.54, 1.807) is 0 Å². The van der Waals surface area contributed by atoms with Gasteiger partial charge in [0.25, 0.3) is 0 Å². The van der Waals surface area contributed by atoms with Crippen LogP contribution >= 0.6 is 0 Å². The first kappa shape index (κ1) is 11.5. The highest BCUT2D eigenvalue weighted by Gasteiger charge is 1.97. The molecule has 0 aliphatic carbocycles. The van der Waals surface area contributed by atoms with Gasteiger partial charge in [-0.25, -0.2) is 0 Å². The second-order valence-electron chi connectivity index (χ2n) is 4.42. The zero-order valence-electron chi connectivity index (χ0n) is 10.5. The summed E-state index contributed by atoms with van der Waals surface area (Å²) in [6.45, 7) is 0. The highest BCUT2D eigenvalue weighted by Crippen LogP contribution is 2.19. The highest BCUT2D eigenvalue weighted by atomic mass is 14.6. The molecular formula is C17H14N2. The molecule has 2 N–H and O–H groups in total. The van der Waals surface area contributed by atoms with Gasteiger partial charge in [-0.05, 0) is 35.4 Å². The minimum absolute atomic E-state index is 0.779. The molecule has 0 fully saturated rings. The lowest BCUT2D eigenvalue weighted by molar-refractivity contribution is 1.41. The predicted octanol–water partition coefficient (Wildman–Crippen LogP) is 3.99. The summed E-state index contributed by atoms with van der Waals surface area (Å²) in [5.74, 6) is 0. The molecule has 3 rings (SSSR count). The van der Waals surface area contributed by atoms with Gasteiger partial charge in [0.15, 0.2) is 0 Å². The summed E-state index contributed by atoms with van der Waals surface area (Å²) in [4.78, 5) is 4.36. The van der Waals surface area contributed by atoms with Gasteiger partial charge in [0, 0.05) is 17.3 Å². The summed E-state index contributed by atoms with van der Waals surface area (Å²) < 4.78 is 0. The van der Waals surface area contributed by atoms with Gasteiger partial charge >= 0.3 is 0 Å². The van der Waals surface area contributed by atoms with Crippen LogP contribution in [0, 0.1) is 0 Å². The third-order valence-electron chi connectivity index (χ3n) is 3.05. The Kier molecular flexibility index (Phi) is 2.99. The second kappa shape index (κ2) is 4.94. The Hall–Kier alpha value is -2.61. The Labute approximate surface area is 112 Å². The van der Waals surface area contributed by atoms with Gasteiger partial charge in [0.05, 0.1) is 5.52 Å². The molecule has 0 spiro atoms. The van der Waals surface area contributed by atoms with Crippen LogP contribution in [0.25, 0.3) is 23.1 Å². The van der Waals surface area contributed by atoms with Crippen molar-refractivity contribution in [1.82, 2.24) is 4.98 Å². The van der Waals surface area contributed by atoms with Gasteiger partial charge in [-0.15, -0.1) is 0 Å². The fourth-order valence-corrected chi connectivity index (χ4v) is 2.11. The number of benzene rings is 2. The lowest BCUT2D eigenvalue weighted by atomic mass is 10.1. The van der Waals surface area contributed by atoms with E-state index in [4.69, 9.17) is 5.73 Å². The van der Waals surface area contributed by atoms with Gasteiger partial charge in [-0.2, -0.15) is 0 Å². The molecular weight excluding hydrogens is 232 g/mol. The van der Waals surface area contributed by atoms with Crippen molar-refractivity contribution >= 4 is 28.7 Å². The van der Waals surface area contributed by atoms with Crippen LogP contribution in [0.15, 0.2) is 60.8 Å². The number of nitrogens with two attached hydrogens (primary N) is 1. The highest BCUT2D eigenvalue weighted by molar-refractivity contribution is 5.90. The van der Waals surface area contributed by atoms with Crippen LogP contribution in [0.3, 0.4) is 0 Å². The minimum atomic E-state index is 0.779. The maximum Gasteiger partial charge on any atom is 0.0707 e. The normalized spacial score (nSPS) is 11.2.